The molecule has 0 bridgehead atoms. The Kier molecular flexibility index (Phi) is 24.6. The summed E-state index contributed by atoms with van der Waals surface area (Å²) in [5.41, 5.74) is 1.21. The van der Waals surface area contributed by atoms with Crippen molar-refractivity contribution in [1.29, 1.82) is 0 Å². The normalized spacial score (nSPS) is 28.3. The number of methoxy groups -OCH3 is 2. The van der Waals surface area contributed by atoms with Crippen molar-refractivity contribution in [2.45, 2.75) is 187 Å². The molecule has 0 radical (unpaired) electrons. The smallest absolute Gasteiger partial charge is 0.329 e. The molecular formula is C53H85NO14. The summed E-state index contributed by atoms with van der Waals surface area (Å²) in [6, 6.07) is -1.17. The molecule has 15 nitrogen and oxygen atoms in total. The van der Waals surface area contributed by atoms with Crippen molar-refractivity contribution in [3.05, 3.63) is 48.1 Å². The number of allylic oxidation sites excluding steroid dienone is 5. The quantitative estimate of drug-likeness (QED) is 0.0313. The number of carbonyl (C=O) groups is 5. The van der Waals surface area contributed by atoms with Gasteiger partial charge in [0.25, 0.3) is 11.7 Å². The molecule has 14 atom stereocenters. The molecular weight excluding hydrogens is 875 g/mol. The van der Waals surface area contributed by atoms with Crippen LogP contribution < -0.4 is 0 Å². The third-order valence-electron chi connectivity index (χ3n) is 14.3. The maximum atomic E-state index is 14.4. The average Bonchev–Trinajstić information content (AvgIpc) is 3.30. The monoisotopic (exact) mass is 960 g/mol. The summed E-state index contributed by atoms with van der Waals surface area (Å²) in [7, 11) is 2.93. The molecule has 4 N–H and O–H groups in total. The number of ether oxygens (including phenoxy) is 5. The Morgan fingerprint density at radius 1 is 0.941 bits per heavy atom. The van der Waals surface area contributed by atoms with E-state index >= 15 is 0 Å². The third kappa shape index (κ3) is 16.6. The second kappa shape index (κ2) is 28.4. The Morgan fingerprint density at radius 2 is 1.65 bits per heavy atom. The molecule has 68 heavy (non-hydrogen) atoms. The Bertz CT molecular complexity index is 1760. The van der Waals surface area contributed by atoms with Crippen molar-refractivity contribution in [2.75, 3.05) is 34.0 Å². The molecule has 1 unspecified atom stereocenters. The van der Waals surface area contributed by atoms with Gasteiger partial charge in [-0.05, 0) is 107 Å². The lowest BCUT2D eigenvalue weighted by molar-refractivity contribution is -0.266. The van der Waals surface area contributed by atoms with Gasteiger partial charge >= 0.3 is 5.97 Å². The van der Waals surface area contributed by atoms with Crippen LogP contribution in [0.15, 0.2) is 48.1 Å². The van der Waals surface area contributed by atoms with Crippen molar-refractivity contribution in [2.24, 2.45) is 35.5 Å². The van der Waals surface area contributed by atoms with Gasteiger partial charge in [-0.25, -0.2) is 4.79 Å². The van der Waals surface area contributed by atoms with E-state index in [1.807, 2.05) is 40.7 Å². The molecule has 0 aromatic carbocycles. The van der Waals surface area contributed by atoms with E-state index in [1.54, 1.807) is 52.2 Å². The number of hydrogen-bond acceptors (Lipinski definition) is 14. The third-order valence-corrected chi connectivity index (χ3v) is 14.3. The standard InChI is InChI=1S/C53H85NO14/c1-12-13-14-17-33(4)44(66-25-24-55)30-40-21-19-38(9)53(63,68-40)50(60)51(61)54-23-16-15-18-41(54)52(62)67-45(35(6)28-39-20-22-42(56)46(29-39)64-10)31-43(57)34(5)27-37(8)48(59)49(65-11)47(58)36(7)26-32(2)3/h12-14,17,27,32,34-36,38-42,44-46,48-49,55-56,59,63H,1,15-16,18-26,28-31H2,2-11H3/b14-13+,33-17+,37-27+/t34-,35-,36-,38-,39+,40+,41+,42-,44?,45+,46-,48-,49+,53-/m1/s1. The number of amides is 1. The summed E-state index contributed by atoms with van der Waals surface area (Å²) in [5.74, 6) is -7.83. The molecule has 1 saturated carbocycles. The number of aliphatic hydroxyl groups excluding tert-OH is 3. The lowest BCUT2D eigenvalue weighted by Crippen LogP contribution is -2.61. The van der Waals surface area contributed by atoms with Gasteiger partial charge in [0.05, 0.1) is 37.6 Å². The summed E-state index contributed by atoms with van der Waals surface area (Å²) < 4.78 is 29.3. The summed E-state index contributed by atoms with van der Waals surface area (Å²) in [4.78, 5) is 71.5. The van der Waals surface area contributed by atoms with Gasteiger partial charge in [0.1, 0.15) is 30.1 Å². The van der Waals surface area contributed by atoms with Crippen molar-refractivity contribution in [1.82, 2.24) is 4.90 Å². The second-order valence-electron chi connectivity index (χ2n) is 20.2. The molecule has 3 rings (SSSR count). The maximum absolute atomic E-state index is 14.4. The number of aliphatic hydroxyl groups is 4. The van der Waals surface area contributed by atoms with Gasteiger partial charge in [0, 0.05) is 51.4 Å². The number of ketones is 3. The van der Waals surface area contributed by atoms with Crippen LogP contribution in [0, 0.1) is 35.5 Å². The van der Waals surface area contributed by atoms with Crippen LogP contribution in [-0.2, 0) is 47.7 Å². The lowest BCUT2D eigenvalue weighted by atomic mass is 9.78. The van der Waals surface area contributed by atoms with Gasteiger partial charge in [-0.1, -0.05) is 78.5 Å². The van der Waals surface area contributed by atoms with Gasteiger partial charge < -0.3 is 49.0 Å². The van der Waals surface area contributed by atoms with Gasteiger partial charge in [0.15, 0.2) is 5.78 Å². The minimum Gasteiger partial charge on any atom is -0.460 e. The minimum absolute atomic E-state index is 0.0571. The van der Waals surface area contributed by atoms with Crippen molar-refractivity contribution < 1.29 is 68.1 Å². The molecule has 1 amide bonds. The predicted octanol–water partition coefficient (Wildman–Crippen LogP) is 6.18. The molecule has 2 heterocycles. The minimum atomic E-state index is -2.48. The molecule has 0 aromatic rings. The van der Waals surface area contributed by atoms with Crippen LogP contribution in [-0.4, -0.2) is 143 Å². The van der Waals surface area contributed by atoms with E-state index in [0.717, 1.165) is 5.57 Å². The molecule has 386 valence electrons. The Balaban J connectivity index is 1.87. The Labute approximate surface area is 405 Å². The molecule has 2 aliphatic heterocycles. The van der Waals surface area contributed by atoms with Crippen LogP contribution in [0.2, 0.25) is 0 Å². The summed E-state index contributed by atoms with van der Waals surface area (Å²) in [6.07, 6.45) is 8.31. The van der Waals surface area contributed by atoms with Crippen molar-refractivity contribution >= 4 is 29.2 Å². The van der Waals surface area contributed by atoms with Gasteiger partial charge in [-0.15, -0.1) is 0 Å². The zero-order chi connectivity index (χ0) is 50.9. The molecule has 15 heteroatoms. The van der Waals surface area contributed by atoms with Gasteiger partial charge in [0.2, 0.25) is 5.79 Å². The lowest BCUT2D eigenvalue weighted by Gasteiger charge is -2.43. The van der Waals surface area contributed by atoms with Crippen LogP contribution >= 0.6 is 0 Å². The molecule has 3 fully saturated rings. The predicted molar refractivity (Wildman–Crippen MR) is 258 cm³/mol. The second-order valence-corrected chi connectivity index (χ2v) is 20.2. The molecule has 3 aliphatic rings. The number of Topliss-reactive ketones (excluding diaryl/α,β-unsaturated/α-hetero) is 3. The number of likely N-dealkylation sites (tertiary alicyclic amines) is 1. The van der Waals surface area contributed by atoms with E-state index < -0.39 is 77.9 Å². The number of esters is 1. The average molecular weight is 960 g/mol. The number of hydrogen-bond donors (Lipinski definition) is 4. The number of piperidine rings is 1. The summed E-state index contributed by atoms with van der Waals surface area (Å²) in [6.45, 7) is 18.2. The largest absolute Gasteiger partial charge is 0.460 e. The number of carbonyl (C=O) groups excluding carboxylic acids is 5. The zero-order valence-electron chi connectivity index (χ0n) is 42.6. The van der Waals surface area contributed by atoms with Gasteiger partial charge in [-0.3, -0.25) is 19.2 Å². The highest BCUT2D eigenvalue weighted by Gasteiger charge is 2.53. The summed E-state index contributed by atoms with van der Waals surface area (Å²) in [5, 5.41) is 43.2. The highest BCUT2D eigenvalue weighted by Crippen LogP contribution is 2.38. The SMILES string of the molecule is C=C/C=C/C=C(\C)C(C[C@@H]1CC[C@@H](C)[C@](O)(C(=O)C(=O)N2CCCC[C@H]2C(=O)O[C@@H](CC(=O)[C@H](C)/C=C(\C)[C@@H](O)[C@@H](OC)C(=O)[C@H](C)CC(C)C)[C@H](C)C[C@@H]2CC[C@@H](O)[C@H](OC)C2)O1)OCCO. The maximum Gasteiger partial charge on any atom is 0.329 e. The first-order chi connectivity index (χ1) is 32.1. The van der Waals surface area contributed by atoms with E-state index in [1.165, 1.54) is 12.0 Å². The number of rotatable bonds is 27. The van der Waals surface area contributed by atoms with Crippen LogP contribution in [0.4, 0.5) is 0 Å². The van der Waals surface area contributed by atoms with Crippen molar-refractivity contribution in [3.8, 4) is 0 Å². The van der Waals surface area contributed by atoms with E-state index in [-0.39, 0.29) is 80.4 Å². The first kappa shape index (κ1) is 58.9. The fourth-order valence-electron chi connectivity index (χ4n) is 10.1. The van der Waals surface area contributed by atoms with Crippen LogP contribution in [0.1, 0.15) is 132 Å². The fraction of sp³-hybridized carbons (Fsp3) is 0.755. The van der Waals surface area contributed by atoms with Crippen LogP contribution in [0.5, 0.6) is 0 Å². The van der Waals surface area contributed by atoms with E-state index in [9.17, 15) is 44.4 Å². The molecule has 0 aromatic heterocycles. The zero-order valence-corrected chi connectivity index (χ0v) is 42.6. The molecule has 1 aliphatic carbocycles. The first-order valence-electron chi connectivity index (χ1n) is 24.9. The first-order valence-corrected chi connectivity index (χ1v) is 24.9. The van der Waals surface area contributed by atoms with Crippen LogP contribution in [0.3, 0.4) is 0 Å². The summed E-state index contributed by atoms with van der Waals surface area (Å²) >= 11 is 0. The highest BCUT2D eigenvalue weighted by atomic mass is 16.6. The van der Waals surface area contributed by atoms with E-state index in [4.69, 9.17) is 23.7 Å². The Hall–Kier alpha value is -3.41. The topological polar surface area (TPSA) is 216 Å². The van der Waals surface area contributed by atoms with E-state index in [2.05, 4.69) is 6.58 Å². The highest BCUT2D eigenvalue weighted by molar-refractivity contribution is 6.39. The molecule has 2 saturated heterocycles. The van der Waals surface area contributed by atoms with E-state index in [0.29, 0.717) is 63.4 Å². The van der Waals surface area contributed by atoms with Crippen LogP contribution in [0.25, 0.3) is 0 Å². The Morgan fingerprint density at radius 3 is 2.28 bits per heavy atom. The number of nitrogens with zero attached hydrogens (tertiary/aromatic N) is 1. The fourth-order valence-corrected chi connectivity index (χ4v) is 10.1. The van der Waals surface area contributed by atoms with Gasteiger partial charge in [-0.2, -0.15) is 0 Å². The molecule has 0 spiro atoms. The van der Waals surface area contributed by atoms with Crippen molar-refractivity contribution in [3.63, 3.8) is 0 Å².